The molecule has 6 rings (SSSR count). The molecule has 0 bridgehead atoms. The number of nitrogens with zero attached hydrogens (tertiary/aromatic N) is 4. The van der Waals surface area contributed by atoms with Crippen molar-refractivity contribution in [2.75, 3.05) is 59.0 Å². The lowest BCUT2D eigenvalue weighted by atomic mass is 9.93. The Balaban J connectivity index is 1.16. The smallest absolute Gasteiger partial charge is 0.409 e. The van der Waals surface area contributed by atoms with E-state index < -0.39 is 43.3 Å². The summed E-state index contributed by atoms with van der Waals surface area (Å²) in [6.45, 7) is 3.04. The molecule has 3 amide bonds. The Morgan fingerprint density at radius 3 is 2.23 bits per heavy atom. The Labute approximate surface area is 378 Å². The van der Waals surface area contributed by atoms with Gasteiger partial charge in [-0.1, -0.05) is 84.4 Å². The van der Waals surface area contributed by atoms with Gasteiger partial charge in [0.05, 0.1) is 12.7 Å². The molecule has 0 radical (unpaired) electrons. The number of piperidine rings is 1. The van der Waals surface area contributed by atoms with Gasteiger partial charge in [-0.25, -0.2) is 9.79 Å². The Hall–Kier alpha value is -5.11. The summed E-state index contributed by atoms with van der Waals surface area (Å²) >= 11 is 6.28. The average Bonchev–Trinajstić information content (AvgIpc) is 3.62. The number of amides is 3. The number of ether oxygens (including phenoxy) is 1. The van der Waals surface area contributed by atoms with Gasteiger partial charge in [-0.15, -0.1) is 0 Å². The van der Waals surface area contributed by atoms with E-state index in [1.165, 1.54) is 4.90 Å². The fourth-order valence-corrected chi connectivity index (χ4v) is 8.90. The molecule has 0 aromatic heterocycles. The third-order valence-corrected chi connectivity index (χ3v) is 12.7. The highest BCUT2D eigenvalue weighted by Crippen LogP contribution is 2.44. The van der Waals surface area contributed by atoms with E-state index >= 15 is 0 Å². The van der Waals surface area contributed by atoms with Crippen molar-refractivity contribution in [3.05, 3.63) is 106 Å². The van der Waals surface area contributed by atoms with Crippen molar-refractivity contribution >= 4 is 35.8 Å². The van der Waals surface area contributed by atoms with Crippen LogP contribution in [0.1, 0.15) is 47.4 Å². The first-order valence-electron chi connectivity index (χ1n) is 21.7. The number of nitrogens with two attached hydrogens (primary N) is 2. The van der Waals surface area contributed by atoms with E-state index in [2.05, 4.69) is 39.9 Å². The number of rotatable bonds is 20. The summed E-state index contributed by atoms with van der Waals surface area (Å²) in [6, 6.07) is 24.2. The molecule has 1 unspecified atom stereocenters. The topological polar surface area (TPSA) is 260 Å². The fourth-order valence-electron chi connectivity index (χ4n) is 8.76. The summed E-state index contributed by atoms with van der Waals surface area (Å²) < 4.78 is 6.26. The van der Waals surface area contributed by atoms with Crippen molar-refractivity contribution in [1.29, 1.82) is 0 Å². The number of fused-ring (bicyclic) bond motifs is 3. The number of hydrogen-bond acceptors (Lipinski definition) is 14. The molecule has 3 aliphatic rings. The van der Waals surface area contributed by atoms with Gasteiger partial charge in [0.15, 0.2) is 5.16 Å². The summed E-state index contributed by atoms with van der Waals surface area (Å²) in [5.41, 5.74) is 18.8. The molecule has 64 heavy (non-hydrogen) atoms. The van der Waals surface area contributed by atoms with E-state index in [1.54, 1.807) is 9.80 Å². The summed E-state index contributed by atoms with van der Waals surface area (Å²) in [5, 5.41) is 54.4. The van der Waals surface area contributed by atoms with Gasteiger partial charge in [0.25, 0.3) is 0 Å². The van der Waals surface area contributed by atoms with Crippen molar-refractivity contribution in [2.45, 2.75) is 69.1 Å². The number of benzene rings is 3. The molecule has 18 heteroatoms. The van der Waals surface area contributed by atoms with Crippen LogP contribution in [0.15, 0.2) is 88.8 Å². The molecule has 0 saturated carbocycles. The van der Waals surface area contributed by atoms with E-state index in [1.807, 2.05) is 55.5 Å². The molecule has 1 fully saturated rings. The number of aliphatic hydroxyl groups excluding tert-OH is 5. The number of aliphatic hydroxyl groups is 5. The van der Waals surface area contributed by atoms with E-state index in [0.29, 0.717) is 45.3 Å². The van der Waals surface area contributed by atoms with Gasteiger partial charge < -0.3 is 62.2 Å². The van der Waals surface area contributed by atoms with Crippen molar-refractivity contribution in [3.8, 4) is 11.1 Å². The Kier molecular flexibility index (Phi) is 17.1. The van der Waals surface area contributed by atoms with Crippen molar-refractivity contribution in [1.82, 2.24) is 25.3 Å². The Morgan fingerprint density at radius 1 is 0.969 bits per heavy atom. The number of likely N-dealkylation sites (tertiary alicyclic amines) is 1. The molecule has 2 aliphatic heterocycles. The molecule has 2 heterocycles. The maximum absolute atomic E-state index is 14.5. The van der Waals surface area contributed by atoms with Gasteiger partial charge in [-0.2, -0.15) is 0 Å². The molecule has 3 aromatic rings. The molecule has 346 valence electrons. The predicted molar refractivity (Wildman–Crippen MR) is 241 cm³/mol. The summed E-state index contributed by atoms with van der Waals surface area (Å²) in [6.07, 6.45) is -5.36. The van der Waals surface area contributed by atoms with Gasteiger partial charge in [-0.3, -0.25) is 14.5 Å². The minimum Gasteiger partial charge on any atom is -0.448 e. The molecule has 6 atom stereocenters. The maximum atomic E-state index is 14.5. The first-order valence-corrected chi connectivity index (χ1v) is 22.1. The van der Waals surface area contributed by atoms with Crippen molar-refractivity contribution in [3.63, 3.8) is 0 Å². The van der Waals surface area contributed by atoms with Crippen LogP contribution in [0.4, 0.5) is 4.79 Å². The highest BCUT2D eigenvalue weighted by Gasteiger charge is 2.34. The SMILES string of the molecule is Cc1ccccc1C[C@@H](CN(C=O)C1=NC(Cl)=C(N)NC1N)CN(CC1CCN(C(=O)CCNC[C@H](O)[C@@H](O)[C@H](O)[C@H](O)CO)CC1)C(=O)OCC1c2ccccc2-c2ccccc21. The predicted octanol–water partition coefficient (Wildman–Crippen LogP) is 1.13. The highest BCUT2D eigenvalue weighted by atomic mass is 35.5. The quantitative estimate of drug-likeness (QED) is 0.0439. The zero-order valence-corrected chi connectivity index (χ0v) is 36.8. The zero-order chi connectivity index (χ0) is 45.9. The van der Waals surface area contributed by atoms with Crippen LogP contribution in [-0.4, -0.2) is 154 Å². The van der Waals surface area contributed by atoms with Crippen LogP contribution in [0, 0.1) is 18.8 Å². The lowest BCUT2D eigenvalue weighted by molar-refractivity contribution is -0.132. The van der Waals surface area contributed by atoms with Gasteiger partial charge in [-0.05, 0) is 71.4 Å². The lowest BCUT2D eigenvalue weighted by Gasteiger charge is -2.37. The van der Waals surface area contributed by atoms with Crippen LogP contribution >= 0.6 is 11.6 Å². The second-order valence-electron chi connectivity index (χ2n) is 16.8. The van der Waals surface area contributed by atoms with Crippen molar-refractivity contribution < 1.29 is 44.7 Å². The number of amidine groups is 1. The Morgan fingerprint density at radius 2 is 1.59 bits per heavy atom. The molecule has 3 aromatic carbocycles. The molecule has 17 nitrogen and oxygen atoms in total. The van der Waals surface area contributed by atoms with Crippen LogP contribution in [0.2, 0.25) is 0 Å². The van der Waals surface area contributed by atoms with Crippen LogP contribution in [0.3, 0.4) is 0 Å². The van der Waals surface area contributed by atoms with Crippen LogP contribution in [0.5, 0.6) is 0 Å². The monoisotopic (exact) mass is 904 g/mol. The van der Waals surface area contributed by atoms with Gasteiger partial charge in [0, 0.05) is 58.2 Å². The molecule has 1 aliphatic carbocycles. The van der Waals surface area contributed by atoms with E-state index in [0.717, 1.165) is 33.4 Å². The fraction of sp³-hybridized carbons (Fsp3) is 0.478. The number of aryl methyl sites for hydroxylation is 1. The average molecular weight is 905 g/mol. The maximum Gasteiger partial charge on any atom is 0.409 e. The minimum absolute atomic E-state index is 0.0217. The second-order valence-corrected chi connectivity index (χ2v) is 17.2. The van der Waals surface area contributed by atoms with Gasteiger partial charge in [0.2, 0.25) is 12.3 Å². The third-order valence-electron chi connectivity index (χ3n) is 12.4. The molecule has 11 N–H and O–H groups in total. The van der Waals surface area contributed by atoms with E-state index in [-0.39, 0.29) is 79.7 Å². The Bertz CT molecular complexity index is 2090. The first kappa shape index (κ1) is 48.3. The van der Waals surface area contributed by atoms with Gasteiger partial charge in [0.1, 0.15) is 42.7 Å². The molecule has 1 saturated heterocycles. The van der Waals surface area contributed by atoms with Crippen LogP contribution in [-0.2, 0) is 20.7 Å². The summed E-state index contributed by atoms with van der Waals surface area (Å²) in [7, 11) is 0. The largest absolute Gasteiger partial charge is 0.448 e. The van der Waals surface area contributed by atoms with Crippen LogP contribution < -0.4 is 22.1 Å². The summed E-state index contributed by atoms with van der Waals surface area (Å²) in [5.74, 6) is -0.273. The normalized spacial score (nSPS) is 18.8. The van der Waals surface area contributed by atoms with Gasteiger partial charge >= 0.3 is 6.09 Å². The standard InChI is InChI=1S/C46H61ClN8O9/c1-28-8-2-3-9-31(28)20-30(24-55(27-57)45-44(49)52-43(48)42(47)51-45)23-54(46(63)64-26-36-34-12-6-4-10-32(34)33-11-5-7-13-35(33)36)22-29-15-18-53(19-16-29)39(60)14-17-50-21-37(58)40(61)41(62)38(59)25-56/h2-13,27,29-30,36-38,40-41,44,50,52,56,58-59,61-62H,14-26,48-49H2,1H3/t30-,37+,38-,40-,41-,44?/m1/s1. The highest BCUT2D eigenvalue weighted by molar-refractivity contribution is 6.30. The minimum atomic E-state index is -1.74. The number of aliphatic imine (C=N–C) groups is 1. The molecule has 0 spiro atoms. The first-order chi connectivity index (χ1) is 30.8. The summed E-state index contributed by atoms with van der Waals surface area (Å²) in [4.78, 5) is 49.7. The number of carbonyl (C=O) groups is 3. The number of hydrogen-bond donors (Lipinski definition) is 9. The number of nitrogens with one attached hydrogen (secondary N) is 2. The number of carbonyl (C=O) groups excluding carboxylic acids is 3. The number of halogens is 1. The zero-order valence-electron chi connectivity index (χ0n) is 36.0. The van der Waals surface area contributed by atoms with E-state index in [9.17, 15) is 34.8 Å². The third kappa shape index (κ3) is 12.0. The second kappa shape index (κ2) is 22.7. The van der Waals surface area contributed by atoms with Crippen LogP contribution in [0.25, 0.3) is 11.1 Å². The van der Waals surface area contributed by atoms with Crippen molar-refractivity contribution in [2.24, 2.45) is 28.3 Å². The molecular formula is C46H61ClN8O9. The lowest BCUT2D eigenvalue weighted by Crippen LogP contribution is -2.55. The van der Waals surface area contributed by atoms with E-state index in [4.69, 9.17) is 32.9 Å². The molecular weight excluding hydrogens is 844 g/mol.